The molecule has 1 fully saturated rings. The first-order chi connectivity index (χ1) is 5.20. The molecule has 0 aromatic carbocycles. The normalized spacial score (nSPS) is 17.0. The van der Waals surface area contributed by atoms with Crippen LogP contribution in [0.25, 0.3) is 0 Å². The van der Waals surface area contributed by atoms with Gasteiger partial charge in [0.2, 0.25) is 5.91 Å². The van der Waals surface area contributed by atoms with Crippen molar-refractivity contribution >= 4 is 11.7 Å². The number of nitrogens with zero attached hydrogens (tertiary/aromatic N) is 1. The van der Waals surface area contributed by atoms with Crippen LogP contribution < -0.4 is 0 Å². The van der Waals surface area contributed by atoms with E-state index in [1.165, 1.54) is 6.92 Å². The Bertz CT molecular complexity index is 171. The molecule has 0 N–H and O–H groups in total. The van der Waals surface area contributed by atoms with E-state index in [9.17, 15) is 9.59 Å². The van der Waals surface area contributed by atoms with Gasteiger partial charge in [-0.05, 0) is 19.8 Å². The average molecular weight is 155 g/mol. The van der Waals surface area contributed by atoms with Gasteiger partial charge in [0.05, 0.1) is 6.42 Å². The third-order valence-corrected chi connectivity index (χ3v) is 1.86. The van der Waals surface area contributed by atoms with Crippen LogP contribution in [0.1, 0.15) is 26.2 Å². The standard InChI is InChI=1S/C8H13NO2/c1-7(10)6-8(11)9-4-2-3-5-9/h2-6H2,1H3. The molecule has 0 aromatic heterocycles. The van der Waals surface area contributed by atoms with Crippen molar-refractivity contribution in [2.24, 2.45) is 0 Å². The molecule has 1 saturated heterocycles. The van der Waals surface area contributed by atoms with Crippen molar-refractivity contribution in [3.05, 3.63) is 0 Å². The van der Waals surface area contributed by atoms with Crippen molar-refractivity contribution in [2.75, 3.05) is 13.1 Å². The molecule has 0 atom stereocenters. The van der Waals surface area contributed by atoms with Crippen LogP contribution in [-0.4, -0.2) is 29.7 Å². The molecule has 0 aliphatic carbocycles. The van der Waals surface area contributed by atoms with Crippen LogP contribution in [0.3, 0.4) is 0 Å². The zero-order valence-electron chi connectivity index (χ0n) is 6.80. The molecular formula is C8H13NO2. The summed E-state index contributed by atoms with van der Waals surface area (Å²) in [5, 5.41) is 0. The lowest BCUT2D eigenvalue weighted by Gasteiger charge is -2.13. The van der Waals surface area contributed by atoms with Crippen molar-refractivity contribution in [3.8, 4) is 0 Å². The Kier molecular flexibility index (Phi) is 2.63. The van der Waals surface area contributed by atoms with E-state index in [4.69, 9.17) is 0 Å². The Morgan fingerprint density at radius 1 is 1.27 bits per heavy atom. The van der Waals surface area contributed by atoms with Gasteiger partial charge in [0.15, 0.2) is 0 Å². The molecule has 3 nitrogen and oxygen atoms in total. The Morgan fingerprint density at radius 3 is 2.27 bits per heavy atom. The van der Waals surface area contributed by atoms with Crippen LogP contribution in [0.5, 0.6) is 0 Å². The molecule has 62 valence electrons. The maximum atomic E-state index is 11.2. The van der Waals surface area contributed by atoms with Gasteiger partial charge in [-0.15, -0.1) is 0 Å². The van der Waals surface area contributed by atoms with Crippen molar-refractivity contribution in [2.45, 2.75) is 26.2 Å². The minimum atomic E-state index is -0.0399. The Hall–Kier alpha value is -0.860. The third kappa shape index (κ3) is 2.33. The van der Waals surface area contributed by atoms with Gasteiger partial charge in [0, 0.05) is 13.1 Å². The van der Waals surface area contributed by atoms with E-state index in [0.29, 0.717) is 0 Å². The molecular weight excluding hydrogens is 142 g/mol. The highest BCUT2D eigenvalue weighted by molar-refractivity contribution is 5.96. The molecule has 11 heavy (non-hydrogen) atoms. The summed E-state index contributed by atoms with van der Waals surface area (Å²) in [5.41, 5.74) is 0. The SMILES string of the molecule is CC(=O)CC(=O)N1CCCC1. The largest absolute Gasteiger partial charge is 0.342 e. The molecule has 1 heterocycles. The van der Waals surface area contributed by atoms with Crippen LogP contribution in [0.4, 0.5) is 0 Å². The van der Waals surface area contributed by atoms with Crippen molar-refractivity contribution in [1.82, 2.24) is 4.90 Å². The zero-order valence-corrected chi connectivity index (χ0v) is 6.80. The number of carbonyl (C=O) groups is 2. The van der Waals surface area contributed by atoms with E-state index in [-0.39, 0.29) is 18.1 Å². The van der Waals surface area contributed by atoms with Gasteiger partial charge in [0.25, 0.3) is 0 Å². The Balaban J connectivity index is 2.34. The minimum Gasteiger partial charge on any atom is -0.342 e. The first-order valence-corrected chi connectivity index (χ1v) is 3.97. The first kappa shape index (κ1) is 8.24. The first-order valence-electron chi connectivity index (χ1n) is 3.97. The molecule has 1 rings (SSSR count). The summed E-state index contributed by atoms with van der Waals surface area (Å²) in [5.74, 6) is -0.0445. The van der Waals surface area contributed by atoms with E-state index in [1.807, 2.05) is 0 Å². The fourth-order valence-corrected chi connectivity index (χ4v) is 1.29. The van der Waals surface area contributed by atoms with Crippen LogP contribution in [0.2, 0.25) is 0 Å². The monoisotopic (exact) mass is 155 g/mol. The number of hydrogen-bond acceptors (Lipinski definition) is 2. The lowest BCUT2D eigenvalue weighted by atomic mass is 10.3. The number of carbonyl (C=O) groups excluding carboxylic acids is 2. The number of ketones is 1. The predicted molar refractivity (Wildman–Crippen MR) is 41.1 cm³/mol. The quantitative estimate of drug-likeness (QED) is 0.547. The highest BCUT2D eigenvalue weighted by Gasteiger charge is 2.18. The van der Waals surface area contributed by atoms with Crippen molar-refractivity contribution < 1.29 is 9.59 Å². The van der Waals surface area contributed by atoms with Crippen LogP contribution in [0, 0.1) is 0 Å². The van der Waals surface area contributed by atoms with Gasteiger partial charge < -0.3 is 4.90 Å². The summed E-state index contributed by atoms with van der Waals surface area (Å²) in [7, 11) is 0. The number of hydrogen-bond donors (Lipinski definition) is 0. The lowest BCUT2D eigenvalue weighted by Crippen LogP contribution is -2.28. The summed E-state index contributed by atoms with van der Waals surface area (Å²) in [4.78, 5) is 23.5. The number of Topliss-reactive ketones (excluding diaryl/α,β-unsaturated/α-hetero) is 1. The van der Waals surface area contributed by atoms with Gasteiger partial charge in [-0.1, -0.05) is 0 Å². The van der Waals surface area contributed by atoms with E-state index in [0.717, 1.165) is 25.9 Å². The zero-order chi connectivity index (χ0) is 8.27. The topological polar surface area (TPSA) is 37.4 Å². The second kappa shape index (κ2) is 3.51. The van der Waals surface area contributed by atoms with Crippen LogP contribution >= 0.6 is 0 Å². The molecule has 0 radical (unpaired) electrons. The highest BCUT2D eigenvalue weighted by atomic mass is 16.2. The summed E-state index contributed by atoms with van der Waals surface area (Å²) in [6.07, 6.45) is 2.26. The summed E-state index contributed by atoms with van der Waals surface area (Å²) in [6, 6.07) is 0. The highest BCUT2D eigenvalue weighted by Crippen LogP contribution is 2.08. The molecule has 3 heteroatoms. The van der Waals surface area contributed by atoms with Gasteiger partial charge >= 0.3 is 0 Å². The maximum absolute atomic E-state index is 11.2. The third-order valence-electron chi connectivity index (χ3n) is 1.86. The maximum Gasteiger partial charge on any atom is 0.230 e. The second-order valence-corrected chi connectivity index (χ2v) is 2.97. The average Bonchev–Trinajstić information content (AvgIpc) is 2.35. The van der Waals surface area contributed by atoms with Gasteiger partial charge in [-0.2, -0.15) is 0 Å². The predicted octanol–water partition coefficient (Wildman–Crippen LogP) is 0.588. The number of amides is 1. The molecule has 0 spiro atoms. The van der Waals surface area contributed by atoms with E-state index in [2.05, 4.69) is 0 Å². The van der Waals surface area contributed by atoms with Crippen molar-refractivity contribution in [3.63, 3.8) is 0 Å². The molecule has 0 aromatic rings. The second-order valence-electron chi connectivity index (χ2n) is 2.97. The molecule has 1 aliphatic heterocycles. The van der Waals surface area contributed by atoms with E-state index < -0.39 is 0 Å². The fourth-order valence-electron chi connectivity index (χ4n) is 1.29. The fraction of sp³-hybridized carbons (Fsp3) is 0.750. The smallest absolute Gasteiger partial charge is 0.230 e. The lowest BCUT2D eigenvalue weighted by molar-refractivity contribution is -0.133. The molecule has 0 bridgehead atoms. The number of likely N-dealkylation sites (tertiary alicyclic amines) is 1. The molecule has 1 amide bonds. The van der Waals surface area contributed by atoms with E-state index >= 15 is 0 Å². The van der Waals surface area contributed by atoms with Crippen molar-refractivity contribution in [1.29, 1.82) is 0 Å². The van der Waals surface area contributed by atoms with Gasteiger partial charge in [-0.25, -0.2) is 0 Å². The van der Waals surface area contributed by atoms with E-state index in [1.54, 1.807) is 4.90 Å². The summed E-state index contributed by atoms with van der Waals surface area (Å²) >= 11 is 0. The van der Waals surface area contributed by atoms with Gasteiger partial charge in [0.1, 0.15) is 5.78 Å². The Labute approximate surface area is 66.4 Å². The molecule has 0 saturated carbocycles. The molecule has 1 aliphatic rings. The molecule has 0 unspecified atom stereocenters. The Morgan fingerprint density at radius 2 is 1.82 bits per heavy atom. The summed E-state index contributed by atoms with van der Waals surface area (Å²) in [6.45, 7) is 3.13. The number of rotatable bonds is 2. The van der Waals surface area contributed by atoms with Crippen LogP contribution in [0.15, 0.2) is 0 Å². The summed E-state index contributed by atoms with van der Waals surface area (Å²) < 4.78 is 0. The minimum absolute atomic E-state index is 0.00463. The van der Waals surface area contributed by atoms with Gasteiger partial charge in [-0.3, -0.25) is 9.59 Å². The van der Waals surface area contributed by atoms with Crippen LogP contribution in [-0.2, 0) is 9.59 Å².